The monoisotopic (exact) mass is 399 g/mol. The summed E-state index contributed by atoms with van der Waals surface area (Å²) in [6.07, 6.45) is -0.972. The topological polar surface area (TPSA) is 83.1 Å². The molecule has 2 aromatic rings. The van der Waals surface area contributed by atoms with Crippen LogP contribution in [0, 0.1) is 0 Å². The van der Waals surface area contributed by atoms with Crippen LogP contribution < -0.4 is 19.5 Å². The predicted octanol–water partition coefficient (Wildman–Crippen LogP) is 3.66. The van der Waals surface area contributed by atoms with Crippen LogP contribution in [0.3, 0.4) is 0 Å². The van der Waals surface area contributed by atoms with Gasteiger partial charge in [-0.05, 0) is 42.2 Å². The molecular weight excluding hydrogens is 374 g/mol. The lowest BCUT2D eigenvalue weighted by Gasteiger charge is -2.19. The molecule has 1 atom stereocenters. The molecule has 0 unspecified atom stereocenters. The Balaban J connectivity index is 1.46. The van der Waals surface area contributed by atoms with Gasteiger partial charge in [0.25, 0.3) is 5.91 Å². The summed E-state index contributed by atoms with van der Waals surface area (Å²) < 4.78 is 21.1. The second kappa shape index (κ2) is 8.43. The standard InChI is InChI=1S/C22H25NO6/c1-14(21(25)23-16-7-10-18-19(11-16)28-13-27-18)29-20(24)12-26-17-8-5-15(6-9-17)22(2,3)4/h5-11,14H,12-13H2,1-4H3,(H,23,25)/t14-/m0/s1. The fourth-order valence-electron chi connectivity index (χ4n) is 2.70. The van der Waals surface area contributed by atoms with Crippen molar-refractivity contribution in [2.24, 2.45) is 0 Å². The first-order valence-corrected chi connectivity index (χ1v) is 9.36. The van der Waals surface area contributed by atoms with E-state index in [-0.39, 0.29) is 18.8 Å². The summed E-state index contributed by atoms with van der Waals surface area (Å²) in [6, 6.07) is 12.6. The predicted molar refractivity (Wildman–Crippen MR) is 107 cm³/mol. The maximum Gasteiger partial charge on any atom is 0.344 e. The summed E-state index contributed by atoms with van der Waals surface area (Å²) in [5.74, 6) is 0.658. The maximum absolute atomic E-state index is 12.3. The minimum absolute atomic E-state index is 0.0399. The van der Waals surface area contributed by atoms with Crippen LogP contribution in [0.5, 0.6) is 17.2 Å². The van der Waals surface area contributed by atoms with Crippen LogP contribution in [0.1, 0.15) is 33.3 Å². The highest BCUT2D eigenvalue weighted by Gasteiger charge is 2.20. The second-order valence-electron chi connectivity index (χ2n) is 7.75. The van der Waals surface area contributed by atoms with Crippen molar-refractivity contribution in [3.05, 3.63) is 48.0 Å². The number of benzene rings is 2. The van der Waals surface area contributed by atoms with Gasteiger partial charge >= 0.3 is 5.97 Å². The molecule has 0 bridgehead atoms. The van der Waals surface area contributed by atoms with E-state index in [1.807, 2.05) is 24.3 Å². The molecule has 0 radical (unpaired) electrons. The molecule has 0 aromatic heterocycles. The lowest BCUT2D eigenvalue weighted by Crippen LogP contribution is -2.31. The largest absolute Gasteiger partial charge is 0.482 e. The molecule has 7 heteroatoms. The molecule has 0 spiro atoms. The van der Waals surface area contributed by atoms with E-state index in [2.05, 4.69) is 26.1 Å². The number of carbonyl (C=O) groups is 2. The molecule has 0 saturated heterocycles. The SMILES string of the molecule is C[C@H](OC(=O)COc1ccc(C(C)(C)C)cc1)C(=O)Nc1ccc2c(c1)OCO2. The average Bonchev–Trinajstić information content (AvgIpc) is 3.13. The van der Waals surface area contributed by atoms with Crippen molar-refractivity contribution in [1.82, 2.24) is 0 Å². The Hall–Kier alpha value is -3.22. The third-order valence-electron chi connectivity index (χ3n) is 4.39. The van der Waals surface area contributed by atoms with Crippen molar-refractivity contribution < 1.29 is 28.5 Å². The highest BCUT2D eigenvalue weighted by molar-refractivity contribution is 5.95. The number of carbonyl (C=O) groups excluding carboxylic acids is 2. The van der Waals surface area contributed by atoms with Crippen LogP contribution in [0.4, 0.5) is 5.69 Å². The van der Waals surface area contributed by atoms with Crippen molar-refractivity contribution in [2.45, 2.75) is 39.2 Å². The molecule has 7 nitrogen and oxygen atoms in total. The number of anilines is 1. The fourth-order valence-corrected chi connectivity index (χ4v) is 2.70. The van der Waals surface area contributed by atoms with E-state index in [4.69, 9.17) is 18.9 Å². The molecule has 0 fully saturated rings. The minimum Gasteiger partial charge on any atom is -0.482 e. The summed E-state index contributed by atoms with van der Waals surface area (Å²) >= 11 is 0. The molecule has 1 heterocycles. The van der Waals surface area contributed by atoms with Crippen LogP contribution in [0.15, 0.2) is 42.5 Å². The number of esters is 1. The zero-order valence-electron chi connectivity index (χ0n) is 17.0. The van der Waals surface area contributed by atoms with E-state index in [0.29, 0.717) is 22.9 Å². The number of rotatable bonds is 6. The van der Waals surface area contributed by atoms with E-state index in [0.717, 1.165) is 0 Å². The zero-order valence-corrected chi connectivity index (χ0v) is 17.0. The van der Waals surface area contributed by atoms with E-state index in [9.17, 15) is 9.59 Å². The summed E-state index contributed by atoms with van der Waals surface area (Å²) in [5, 5.41) is 2.68. The Morgan fingerprint density at radius 3 is 2.45 bits per heavy atom. The van der Waals surface area contributed by atoms with Crippen LogP contribution >= 0.6 is 0 Å². The number of hydrogen-bond donors (Lipinski definition) is 1. The third kappa shape index (κ3) is 5.40. The number of fused-ring (bicyclic) bond motifs is 1. The molecule has 2 aromatic carbocycles. The van der Waals surface area contributed by atoms with Crippen LogP contribution in [-0.4, -0.2) is 31.4 Å². The molecule has 0 aliphatic carbocycles. The van der Waals surface area contributed by atoms with Gasteiger partial charge < -0.3 is 24.3 Å². The van der Waals surface area contributed by atoms with Gasteiger partial charge in [0.2, 0.25) is 6.79 Å². The quantitative estimate of drug-likeness (QED) is 0.747. The lowest BCUT2D eigenvalue weighted by atomic mass is 9.87. The summed E-state index contributed by atoms with van der Waals surface area (Å²) in [4.78, 5) is 24.3. The van der Waals surface area contributed by atoms with Crippen molar-refractivity contribution >= 4 is 17.6 Å². The highest BCUT2D eigenvalue weighted by Crippen LogP contribution is 2.34. The molecule has 154 valence electrons. The van der Waals surface area contributed by atoms with Gasteiger partial charge in [-0.2, -0.15) is 0 Å². The molecule has 0 saturated carbocycles. The first-order valence-electron chi connectivity index (χ1n) is 9.36. The molecule has 3 rings (SSSR count). The smallest absolute Gasteiger partial charge is 0.344 e. The van der Waals surface area contributed by atoms with Gasteiger partial charge in [0.15, 0.2) is 24.2 Å². The number of amides is 1. The van der Waals surface area contributed by atoms with E-state index in [1.54, 1.807) is 18.2 Å². The summed E-state index contributed by atoms with van der Waals surface area (Å²) in [7, 11) is 0. The molecule has 1 aliphatic rings. The van der Waals surface area contributed by atoms with E-state index >= 15 is 0 Å². The van der Waals surface area contributed by atoms with Crippen molar-refractivity contribution in [2.75, 3.05) is 18.7 Å². The Kier molecular flexibility index (Phi) is 5.96. The van der Waals surface area contributed by atoms with Gasteiger partial charge in [-0.1, -0.05) is 32.9 Å². The Labute approximate surface area is 169 Å². The molecule has 1 N–H and O–H groups in total. The molecular formula is C22H25NO6. The summed E-state index contributed by atoms with van der Waals surface area (Å²) in [5.41, 5.74) is 1.73. The average molecular weight is 399 g/mol. The number of nitrogens with one attached hydrogen (secondary N) is 1. The Bertz CT molecular complexity index is 885. The first-order chi connectivity index (χ1) is 13.7. The van der Waals surface area contributed by atoms with Gasteiger partial charge in [-0.25, -0.2) is 4.79 Å². The zero-order chi connectivity index (χ0) is 21.0. The molecule has 29 heavy (non-hydrogen) atoms. The Morgan fingerprint density at radius 1 is 1.07 bits per heavy atom. The van der Waals surface area contributed by atoms with Crippen molar-refractivity contribution in [3.63, 3.8) is 0 Å². The van der Waals surface area contributed by atoms with E-state index < -0.39 is 18.0 Å². The van der Waals surface area contributed by atoms with Gasteiger partial charge in [0.1, 0.15) is 5.75 Å². The third-order valence-corrected chi connectivity index (χ3v) is 4.39. The maximum atomic E-state index is 12.3. The van der Waals surface area contributed by atoms with Crippen LogP contribution in [0.25, 0.3) is 0 Å². The normalized spacial score (nSPS) is 13.5. The first kappa shape index (κ1) is 20.5. The molecule has 1 aliphatic heterocycles. The van der Waals surface area contributed by atoms with Crippen molar-refractivity contribution in [3.8, 4) is 17.2 Å². The Morgan fingerprint density at radius 2 is 1.76 bits per heavy atom. The van der Waals surface area contributed by atoms with E-state index in [1.165, 1.54) is 12.5 Å². The molecule has 1 amide bonds. The van der Waals surface area contributed by atoms with Crippen LogP contribution in [0.2, 0.25) is 0 Å². The minimum atomic E-state index is -0.972. The fraction of sp³-hybridized carbons (Fsp3) is 0.364. The highest BCUT2D eigenvalue weighted by atomic mass is 16.7. The van der Waals surface area contributed by atoms with Gasteiger partial charge in [0.05, 0.1) is 0 Å². The van der Waals surface area contributed by atoms with Crippen LogP contribution in [-0.2, 0) is 19.7 Å². The van der Waals surface area contributed by atoms with Crippen molar-refractivity contribution in [1.29, 1.82) is 0 Å². The summed E-state index contributed by atoms with van der Waals surface area (Å²) in [6.45, 7) is 7.73. The number of ether oxygens (including phenoxy) is 4. The second-order valence-corrected chi connectivity index (χ2v) is 7.75. The lowest BCUT2D eigenvalue weighted by molar-refractivity contribution is -0.155. The van der Waals surface area contributed by atoms with Gasteiger partial charge in [-0.3, -0.25) is 4.79 Å². The van der Waals surface area contributed by atoms with Gasteiger partial charge in [0, 0.05) is 11.8 Å². The number of hydrogen-bond acceptors (Lipinski definition) is 6. The van der Waals surface area contributed by atoms with Gasteiger partial charge in [-0.15, -0.1) is 0 Å².